The van der Waals surface area contributed by atoms with Gasteiger partial charge in [0.15, 0.2) is 0 Å². The van der Waals surface area contributed by atoms with Gasteiger partial charge in [-0.15, -0.1) is 0 Å². The number of piperidine rings is 1. The molecular formula is C15H22N6O2. The minimum Gasteiger partial charge on any atom is -0.467 e. The van der Waals surface area contributed by atoms with Crippen molar-refractivity contribution in [3.05, 3.63) is 18.0 Å². The second-order valence-corrected chi connectivity index (χ2v) is 6.17. The van der Waals surface area contributed by atoms with Gasteiger partial charge in [0.2, 0.25) is 5.96 Å². The van der Waals surface area contributed by atoms with Crippen molar-refractivity contribution in [1.82, 2.24) is 25.1 Å². The number of aromatic nitrogens is 2. The van der Waals surface area contributed by atoms with Gasteiger partial charge in [-0.3, -0.25) is 15.0 Å². The molecule has 0 radical (unpaired) electrons. The van der Waals surface area contributed by atoms with Gasteiger partial charge < -0.3 is 9.64 Å². The molecule has 8 nitrogen and oxygen atoms in total. The summed E-state index contributed by atoms with van der Waals surface area (Å²) in [4.78, 5) is 29.3. The number of methoxy groups -OCH3 is 1. The van der Waals surface area contributed by atoms with Crippen LogP contribution in [-0.2, 0) is 11.3 Å². The Balaban J connectivity index is 1.61. The smallest absolute Gasteiger partial charge is 0.316 e. The van der Waals surface area contributed by atoms with Gasteiger partial charge in [0.1, 0.15) is 5.54 Å². The number of nitrogens with one attached hydrogen (secondary N) is 1. The molecule has 1 saturated heterocycles. The van der Waals surface area contributed by atoms with Crippen molar-refractivity contribution in [2.45, 2.75) is 24.9 Å². The van der Waals surface area contributed by atoms with Crippen LogP contribution in [0.1, 0.15) is 18.4 Å². The zero-order chi connectivity index (χ0) is 16.4. The van der Waals surface area contributed by atoms with Crippen LogP contribution in [0.2, 0.25) is 0 Å². The fraction of sp³-hybridized carbons (Fsp3) is 0.600. The molecule has 0 aromatic carbocycles. The van der Waals surface area contributed by atoms with E-state index in [0.717, 1.165) is 38.0 Å². The number of amides is 1. The van der Waals surface area contributed by atoms with Crippen LogP contribution in [0, 0.1) is 0 Å². The minimum atomic E-state index is -0.591. The third-order valence-corrected chi connectivity index (χ3v) is 4.35. The molecule has 3 heterocycles. The highest BCUT2D eigenvalue weighted by atomic mass is 16.5. The second kappa shape index (κ2) is 6.11. The quantitative estimate of drug-likeness (QED) is 0.836. The number of rotatable bonds is 3. The maximum absolute atomic E-state index is 12.3. The number of likely N-dealkylation sites (tertiary alicyclic amines) is 1. The first-order valence-electron chi connectivity index (χ1n) is 7.68. The van der Waals surface area contributed by atoms with Crippen molar-refractivity contribution >= 4 is 11.9 Å². The van der Waals surface area contributed by atoms with Crippen LogP contribution in [0.25, 0.3) is 0 Å². The molecule has 3 rings (SSSR count). The summed E-state index contributed by atoms with van der Waals surface area (Å²) in [6.07, 6.45) is 5.02. The topological polar surface area (TPSA) is 83.0 Å². The summed E-state index contributed by atoms with van der Waals surface area (Å²) >= 11 is 0. The number of guanidine groups is 1. The SMILES string of the molecule is COc1ncc(CN2CCC3(CC2)N=C(N(C)C)NC3=O)cn1. The monoisotopic (exact) mass is 318 g/mol. The molecule has 1 amide bonds. The molecule has 23 heavy (non-hydrogen) atoms. The predicted octanol–water partition coefficient (Wildman–Crippen LogP) is -0.133. The van der Waals surface area contributed by atoms with Crippen LogP contribution in [0.15, 0.2) is 17.4 Å². The molecular weight excluding hydrogens is 296 g/mol. The van der Waals surface area contributed by atoms with E-state index in [1.54, 1.807) is 19.5 Å². The summed E-state index contributed by atoms with van der Waals surface area (Å²) in [5, 5.41) is 2.88. The molecule has 1 spiro atoms. The Hall–Kier alpha value is -2.22. The molecule has 0 bridgehead atoms. The Kier molecular flexibility index (Phi) is 4.16. The summed E-state index contributed by atoms with van der Waals surface area (Å²) in [7, 11) is 5.32. The van der Waals surface area contributed by atoms with E-state index in [0.29, 0.717) is 12.0 Å². The Morgan fingerprint density at radius 2 is 1.96 bits per heavy atom. The number of aliphatic imine (C=N–C) groups is 1. The van der Waals surface area contributed by atoms with Crippen LogP contribution in [-0.4, -0.2) is 71.5 Å². The van der Waals surface area contributed by atoms with Crippen molar-refractivity contribution in [3.8, 4) is 6.01 Å². The first-order valence-corrected chi connectivity index (χ1v) is 7.68. The van der Waals surface area contributed by atoms with Crippen LogP contribution >= 0.6 is 0 Å². The first-order chi connectivity index (χ1) is 11.0. The first kappa shape index (κ1) is 15.7. The third kappa shape index (κ3) is 3.12. The number of hydrogen-bond acceptors (Lipinski definition) is 7. The highest BCUT2D eigenvalue weighted by molar-refractivity contribution is 6.07. The van der Waals surface area contributed by atoms with Crippen LogP contribution in [0.3, 0.4) is 0 Å². The lowest BCUT2D eigenvalue weighted by atomic mass is 9.88. The Morgan fingerprint density at radius 3 is 2.48 bits per heavy atom. The fourth-order valence-corrected chi connectivity index (χ4v) is 2.92. The third-order valence-electron chi connectivity index (χ3n) is 4.35. The maximum atomic E-state index is 12.3. The Bertz CT molecular complexity index is 605. The lowest BCUT2D eigenvalue weighted by Crippen LogP contribution is -2.49. The van der Waals surface area contributed by atoms with E-state index in [1.807, 2.05) is 19.0 Å². The van der Waals surface area contributed by atoms with Gasteiger partial charge in [-0.05, 0) is 12.8 Å². The lowest BCUT2D eigenvalue weighted by molar-refractivity contribution is -0.125. The van der Waals surface area contributed by atoms with Crippen molar-refractivity contribution in [1.29, 1.82) is 0 Å². The van der Waals surface area contributed by atoms with Crippen molar-refractivity contribution in [2.24, 2.45) is 4.99 Å². The van der Waals surface area contributed by atoms with Crippen molar-refractivity contribution < 1.29 is 9.53 Å². The van der Waals surface area contributed by atoms with E-state index in [2.05, 4.69) is 25.2 Å². The van der Waals surface area contributed by atoms with Crippen LogP contribution in [0.4, 0.5) is 0 Å². The highest BCUT2D eigenvalue weighted by Crippen LogP contribution is 2.30. The largest absolute Gasteiger partial charge is 0.467 e. The number of ether oxygens (including phenoxy) is 1. The molecule has 8 heteroatoms. The van der Waals surface area contributed by atoms with E-state index in [9.17, 15) is 4.79 Å². The van der Waals surface area contributed by atoms with Gasteiger partial charge in [0.25, 0.3) is 5.91 Å². The zero-order valence-electron chi connectivity index (χ0n) is 13.7. The molecule has 2 aliphatic rings. The van der Waals surface area contributed by atoms with Gasteiger partial charge in [-0.25, -0.2) is 15.0 Å². The average Bonchev–Trinajstić information content (AvgIpc) is 2.88. The van der Waals surface area contributed by atoms with Gasteiger partial charge in [0, 0.05) is 51.7 Å². The van der Waals surface area contributed by atoms with E-state index in [1.165, 1.54) is 0 Å². The molecule has 1 aromatic heterocycles. The second-order valence-electron chi connectivity index (χ2n) is 6.17. The maximum Gasteiger partial charge on any atom is 0.316 e. The number of nitrogens with zero attached hydrogens (tertiary/aromatic N) is 5. The summed E-state index contributed by atoms with van der Waals surface area (Å²) in [6, 6.07) is 0.375. The summed E-state index contributed by atoms with van der Waals surface area (Å²) in [6.45, 7) is 2.42. The Labute approximate surface area is 135 Å². The molecule has 1 fully saturated rings. The minimum absolute atomic E-state index is 0.0219. The summed E-state index contributed by atoms with van der Waals surface area (Å²) < 4.78 is 4.96. The lowest BCUT2D eigenvalue weighted by Gasteiger charge is -2.35. The van der Waals surface area contributed by atoms with Gasteiger partial charge >= 0.3 is 6.01 Å². The molecule has 0 aliphatic carbocycles. The molecule has 0 unspecified atom stereocenters. The van der Waals surface area contributed by atoms with E-state index >= 15 is 0 Å². The highest BCUT2D eigenvalue weighted by Gasteiger charge is 2.46. The van der Waals surface area contributed by atoms with Gasteiger partial charge in [-0.1, -0.05) is 0 Å². The predicted molar refractivity (Wildman–Crippen MR) is 85.1 cm³/mol. The van der Waals surface area contributed by atoms with E-state index in [-0.39, 0.29) is 5.91 Å². The molecule has 1 aromatic rings. The van der Waals surface area contributed by atoms with E-state index in [4.69, 9.17) is 4.74 Å². The molecule has 0 atom stereocenters. The molecule has 124 valence electrons. The number of hydrogen-bond donors (Lipinski definition) is 1. The average molecular weight is 318 g/mol. The van der Waals surface area contributed by atoms with Crippen molar-refractivity contribution in [3.63, 3.8) is 0 Å². The molecule has 0 saturated carbocycles. The van der Waals surface area contributed by atoms with E-state index < -0.39 is 5.54 Å². The Morgan fingerprint density at radius 1 is 1.30 bits per heavy atom. The normalized spacial score (nSPS) is 20.3. The number of carbonyl (C=O) groups is 1. The van der Waals surface area contributed by atoms with Crippen molar-refractivity contribution in [2.75, 3.05) is 34.3 Å². The summed E-state index contributed by atoms with van der Waals surface area (Å²) in [5.74, 6) is 0.681. The zero-order valence-corrected chi connectivity index (χ0v) is 13.7. The molecule has 2 aliphatic heterocycles. The van der Waals surface area contributed by atoms with Gasteiger partial charge in [-0.2, -0.15) is 0 Å². The van der Waals surface area contributed by atoms with Gasteiger partial charge in [0.05, 0.1) is 7.11 Å². The fourth-order valence-electron chi connectivity index (χ4n) is 2.92. The standard InChI is InChI=1S/C15H22N6O2/c1-20(2)13-18-12(22)15(19-13)4-6-21(7-5-15)10-11-8-16-14(23-3)17-9-11/h8-9H,4-7,10H2,1-3H3,(H,18,19,22). The summed E-state index contributed by atoms with van der Waals surface area (Å²) in [5.41, 5.74) is 0.446. The van der Waals surface area contributed by atoms with Crippen LogP contribution in [0.5, 0.6) is 6.01 Å². The molecule has 1 N–H and O–H groups in total. The number of carbonyl (C=O) groups excluding carboxylic acids is 1. The van der Waals surface area contributed by atoms with Crippen LogP contribution < -0.4 is 10.1 Å².